The summed E-state index contributed by atoms with van der Waals surface area (Å²) in [6.45, 7) is 2.13. The molecule has 1 aliphatic heterocycles. The van der Waals surface area contributed by atoms with Gasteiger partial charge in [-0.2, -0.15) is 0 Å². The molecule has 36 valence electrons. The third kappa shape index (κ3) is 0.684. The van der Waals surface area contributed by atoms with Crippen molar-refractivity contribution in [3.05, 3.63) is 0 Å². The molecule has 0 saturated carbocycles. The van der Waals surface area contributed by atoms with E-state index in [4.69, 9.17) is 0 Å². The van der Waals surface area contributed by atoms with Gasteiger partial charge < -0.3 is 4.55 Å². The highest BCUT2D eigenvalue weighted by Crippen LogP contribution is 2.15. The molecule has 0 radical (unpaired) electrons. The smallest absolute Gasteiger partial charge is 0.112 e. The van der Waals surface area contributed by atoms with Crippen LogP contribution in [0.1, 0.15) is 6.92 Å². The van der Waals surface area contributed by atoms with E-state index in [0.717, 1.165) is 17.4 Å². The first-order chi connectivity index (χ1) is 2.79. The molecule has 0 spiro atoms. The second kappa shape index (κ2) is 1.43. The molecular formula is C4H8OS. The predicted molar refractivity (Wildman–Crippen MR) is 27.0 cm³/mol. The van der Waals surface area contributed by atoms with Crippen molar-refractivity contribution in [3.63, 3.8) is 0 Å². The summed E-state index contributed by atoms with van der Waals surface area (Å²) in [5, 5.41) is 0. The van der Waals surface area contributed by atoms with Gasteiger partial charge in [0.15, 0.2) is 0 Å². The SMILES string of the molecule is CC1C[S+]([O-])C1. The Labute approximate surface area is 40.9 Å². The molecule has 1 rings (SSSR count). The maximum absolute atomic E-state index is 10.2. The van der Waals surface area contributed by atoms with Crippen molar-refractivity contribution in [1.29, 1.82) is 0 Å². The van der Waals surface area contributed by atoms with Crippen LogP contribution in [0.3, 0.4) is 0 Å². The fourth-order valence-corrected chi connectivity index (χ4v) is 1.76. The second-order valence-electron chi connectivity index (χ2n) is 1.88. The Morgan fingerprint density at radius 2 is 2.17 bits per heavy atom. The van der Waals surface area contributed by atoms with Crippen molar-refractivity contribution < 1.29 is 4.55 Å². The lowest BCUT2D eigenvalue weighted by Gasteiger charge is -2.24. The van der Waals surface area contributed by atoms with Gasteiger partial charge in [-0.15, -0.1) is 0 Å². The lowest BCUT2D eigenvalue weighted by molar-refractivity contribution is 0.541. The number of rotatable bonds is 0. The average molecular weight is 104 g/mol. The van der Waals surface area contributed by atoms with Gasteiger partial charge in [-0.1, -0.05) is 18.1 Å². The Bertz CT molecular complexity index is 43.5. The van der Waals surface area contributed by atoms with Gasteiger partial charge in [-0.3, -0.25) is 0 Å². The summed E-state index contributed by atoms with van der Waals surface area (Å²) in [5.41, 5.74) is 0. The summed E-state index contributed by atoms with van der Waals surface area (Å²) in [7, 11) is 0. The zero-order chi connectivity index (χ0) is 4.57. The molecule has 6 heavy (non-hydrogen) atoms. The minimum absolute atomic E-state index is 0.422. The zero-order valence-electron chi connectivity index (χ0n) is 3.81. The lowest BCUT2D eigenvalue weighted by Crippen LogP contribution is -2.33. The van der Waals surface area contributed by atoms with Crippen LogP contribution in [0.25, 0.3) is 0 Å². The van der Waals surface area contributed by atoms with E-state index < -0.39 is 11.2 Å². The Balaban J connectivity index is 2.11. The largest absolute Gasteiger partial charge is 0.616 e. The Morgan fingerprint density at radius 1 is 1.67 bits per heavy atom. The standard InChI is InChI=1S/C4H8OS/c1-4-2-6(5)3-4/h4H,2-3H2,1H3. The molecule has 0 aromatic carbocycles. The highest BCUT2D eigenvalue weighted by molar-refractivity contribution is 7.92. The molecule has 0 aromatic rings. The highest BCUT2D eigenvalue weighted by atomic mass is 32.2. The van der Waals surface area contributed by atoms with Gasteiger partial charge in [0.05, 0.1) is 0 Å². The maximum atomic E-state index is 10.2. The van der Waals surface area contributed by atoms with E-state index in [2.05, 4.69) is 6.92 Å². The summed E-state index contributed by atoms with van der Waals surface area (Å²) in [4.78, 5) is 0. The first-order valence-electron chi connectivity index (χ1n) is 2.14. The molecule has 0 bridgehead atoms. The van der Waals surface area contributed by atoms with E-state index >= 15 is 0 Å². The fourth-order valence-electron chi connectivity index (χ4n) is 0.586. The lowest BCUT2D eigenvalue weighted by atomic mass is 10.2. The monoisotopic (exact) mass is 104 g/mol. The first kappa shape index (κ1) is 4.47. The topological polar surface area (TPSA) is 23.1 Å². The molecule has 0 aromatic heterocycles. The summed E-state index contributed by atoms with van der Waals surface area (Å²) in [5.74, 6) is 2.63. The van der Waals surface area contributed by atoms with Crippen LogP contribution in [0.4, 0.5) is 0 Å². The Hall–Kier alpha value is 0.310. The third-order valence-corrected chi connectivity index (χ3v) is 2.82. The van der Waals surface area contributed by atoms with Gasteiger partial charge >= 0.3 is 0 Å². The molecule has 0 unspecified atom stereocenters. The normalized spacial score (nSPS) is 45.0. The van der Waals surface area contributed by atoms with Crippen LogP contribution in [0.2, 0.25) is 0 Å². The minimum atomic E-state index is -0.422. The van der Waals surface area contributed by atoms with E-state index in [9.17, 15) is 4.55 Å². The van der Waals surface area contributed by atoms with Crippen LogP contribution in [0.5, 0.6) is 0 Å². The third-order valence-electron chi connectivity index (χ3n) is 0.941. The summed E-state index contributed by atoms with van der Waals surface area (Å²) >= 11 is -0.422. The number of hydrogen-bond donors (Lipinski definition) is 0. The molecule has 2 heteroatoms. The molecule has 0 atom stereocenters. The van der Waals surface area contributed by atoms with Crippen LogP contribution in [-0.2, 0) is 11.2 Å². The molecule has 1 saturated heterocycles. The molecule has 1 nitrogen and oxygen atoms in total. The van der Waals surface area contributed by atoms with Crippen molar-refractivity contribution in [2.75, 3.05) is 11.5 Å². The molecule has 0 amide bonds. The molecule has 1 fully saturated rings. The first-order valence-corrected chi connectivity index (χ1v) is 3.63. The van der Waals surface area contributed by atoms with Crippen molar-refractivity contribution in [1.82, 2.24) is 0 Å². The minimum Gasteiger partial charge on any atom is -0.616 e. The van der Waals surface area contributed by atoms with Crippen molar-refractivity contribution in [3.8, 4) is 0 Å². The molecule has 1 aliphatic rings. The van der Waals surface area contributed by atoms with Crippen LogP contribution in [-0.4, -0.2) is 16.1 Å². The van der Waals surface area contributed by atoms with Crippen molar-refractivity contribution in [2.24, 2.45) is 5.92 Å². The van der Waals surface area contributed by atoms with E-state index in [0.29, 0.717) is 0 Å². The van der Waals surface area contributed by atoms with Gasteiger partial charge in [0.2, 0.25) is 0 Å². The maximum Gasteiger partial charge on any atom is 0.112 e. The second-order valence-corrected chi connectivity index (χ2v) is 3.42. The quantitative estimate of drug-likeness (QED) is 0.407. The molecule has 0 aliphatic carbocycles. The van der Waals surface area contributed by atoms with Gasteiger partial charge in [-0.25, -0.2) is 0 Å². The van der Waals surface area contributed by atoms with Gasteiger partial charge in [-0.05, 0) is 0 Å². The van der Waals surface area contributed by atoms with Crippen LogP contribution >= 0.6 is 0 Å². The number of hydrogen-bond acceptors (Lipinski definition) is 1. The Morgan fingerprint density at radius 3 is 2.17 bits per heavy atom. The molecule has 1 heterocycles. The van der Waals surface area contributed by atoms with Crippen LogP contribution in [0, 0.1) is 5.92 Å². The zero-order valence-corrected chi connectivity index (χ0v) is 4.62. The van der Waals surface area contributed by atoms with Gasteiger partial charge in [0.1, 0.15) is 11.5 Å². The van der Waals surface area contributed by atoms with Gasteiger partial charge in [0.25, 0.3) is 0 Å². The van der Waals surface area contributed by atoms with E-state index in [-0.39, 0.29) is 0 Å². The van der Waals surface area contributed by atoms with Crippen LogP contribution in [0.15, 0.2) is 0 Å². The fraction of sp³-hybridized carbons (Fsp3) is 1.00. The molecular weight excluding hydrogens is 96.1 g/mol. The van der Waals surface area contributed by atoms with Crippen molar-refractivity contribution in [2.45, 2.75) is 6.92 Å². The molecule has 0 N–H and O–H groups in total. The average Bonchev–Trinajstić information content (AvgIpc) is 1.33. The van der Waals surface area contributed by atoms with Crippen LogP contribution < -0.4 is 0 Å². The summed E-state index contributed by atoms with van der Waals surface area (Å²) in [6, 6.07) is 0. The Kier molecular flexibility index (Phi) is 1.06. The van der Waals surface area contributed by atoms with E-state index in [1.807, 2.05) is 0 Å². The van der Waals surface area contributed by atoms with Gasteiger partial charge in [0, 0.05) is 5.92 Å². The van der Waals surface area contributed by atoms with E-state index in [1.165, 1.54) is 0 Å². The summed E-state index contributed by atoms with van der Waals surface area (Å²) in [6.07, 6.45) is 0. The summed E-state index contributed by atoms with van der Waals surface area (Å²) < 4.78 is 10.2. The highest BCUT2D eigenvalue weighted by Gasteiger charge is 2.26. The van der Waals surface area contributed by atoms with E-state index in [1.54, 1.807) is 0 Å². The predicted octanol–water partition coefficient (Wildman–Crippen LogP) is 0.385. The van der Waals surface area contributed by atoms with Crippen molar-refractivity contribution >= 4 is 11.2 Å².